The number of nitrogens with one attached hydrogen (secondary N) is 1. The Labute approximate surface area is 139 Å². The average Bonchev–Trinajstić information content (AvgIpc) is 2.78. The summed E-state index contributed by atoms with van der Waals surface area (Å²) in [6.45, 7) is 0. The Hall–Kier alpha value is -1.49. The number of aliphatic imine (C=N–C) groups is 1. The van der Waals surface area contributed by atoms with Crippen molar-refractivity contribution in [3.05, 3.63) is 56.6 Å². The van der Waals surface area contributed by atoms with Gasteiger partial charge in [0.05, 0.1) is 27.8 Å². The topological polar surface area (TPSA) is 48.4 Å². The molecular weight excluding hydrogens is 375 g/mol. The minimum Gasteiger partial charge on any atom is -0.505 e. The molecule has 3 rings (SSSR count). The Balaban J connectivity index is 2.06. The van der Waals surface area contributed by atoms with Gasteiger partial charge in [-0.1, -0.05) is 29.3 Å². The molecule has 106 valence electrons. The molecule has 0 aliphatic heterocycles. The number of fused-ring (bicyclic) bond motifs is 1. The van der Waals surface area contributed by atoms with E-state index >= 15 is 0 Å². The van der Waals surface area contributed by atoms with Gasteiger partial charge in [-0.3, -0.25) is 4.99 Å². The number of benzene rings is 2. The first-order valence-corrected chi connectivity index (χ1v) is 7.59. The first kappa shape index (κ1) is 14.4. The van der Waals surface area contributed by atoms with E-state index in [-0.39, 0.29) is 5.75 Å². The number of aromatic amines is 1. The summed E-state index contributed by atoms with van der Waals surface area (Å²) in [6.07, 6.45) is 1.55. The monoisotopic (exact) mass is 382 g/mol. The van der Waals surface area contributed by atoms with Crippen LogP contribution in [0.4, 0.5) is 5.69 Å². The molecule has 0 bridgehead atoms. The predicted octanol–water partition coefficient (Wildman–Crippen LogP) is 5.69. The van der Waals surface area contributed by atoms with Gasteiger partial charge in [0, 0.05) is 9.50 Å². The van der Waals surface area contributed by atoms with Crippen LogP contribution in [-0.4, -0.2) is 16.3 Å². The SMILES string of the molecule is Oc1c(C=Nc2cccc(Cl)c2)[nH]c2ccc(Br)c(Cl)c12. The first-order valence-electron chi connectivity index (χ1n) is 6.04. The molecule has 2 aromatic carbocycles. The molecule has 0 saturated heterocycles. The van der Waals surface area contributed by atoms with E-state index in [1.165, 1.54) is 0 Å². The molecule has 0 aliphatic rings. The molecule has 3 nitrogen and oxygen atoms in total. The Bertz CT molecular complexity index is 858. The van der Waals surface area contributed by atoms with E-state index in [0.717, 1.165) is 9.99 Å². The smallest absolute Gasteiger partial charge is 0.151 e. The first-order chi connectivity index (χ1) is 10.1. The molecule has 6 heteroatoms. The molecule has 1 heterocycles. The summed E-state index contributed by atoms with van der Waals surface area (Å²) in [4.78, 5) is 7.37. The van der Waals surface area contributed by atoms with Crippen molar-refractivity contribution in [1.29, 1.82) is 0 Å². The van der Waals surface area contributed by atoms with Crippen molar-refractivity contribution < 1.29 is 5.11 Å². The van der Waals surface area contributed by atoms with Crippen molar-refractivity contribution in [1.82, 2.24) is 4.98 Å². The van der Waals surface area contributed by atoms with E-state index in [0.29, 0.717) is 26.8 Å². The zero-order chi connectivity index (χ0) is 15.0. The third kappa shape index (κ3) is 2.79. The second kappa shape index (κ2) is 5.72. The Kier molecular flexibility index (Phi) is 3.93. The van der Waals surface area contributed by atoms with Crippen LogP contribution >= 0.6 is 39.1 Å². The highest BCUT2D eigenvalue weighted by Crippen LogP contribution is 2.38. The van der Waals surface area contributed by atoms with E-state index in [9.17, 15) is 5.11 Å². The summed E-state index contributed by atoms with van der Waals surface area (Å²) in [5, 5.41) is 11.9. The highest BCUT2D eigenvalue weighted by atomic mass is 79.9. The number of aromatic hydroxyl groups is 1. The lowest BCUT2D eigenvalue weighted by Gasteiger charge is -1.97. The fraction of sp³-hybridized carbons (Fsp3) is 0. The molecule has 0 radical (unpaired) electrons. The summed E-state index contributed by atoms with van der Waals surface area (Å²) in [5.74, 6) is 0.0714. The number of rotatable bonds is 2. The van der Waals surface area contributed by atoms with Crippen molar-refractivity contribution >= 4 is 61.9 Å². The quantitative estimate of drug-likeness (QED) is 0.548. The highest BCUT2D eigenvalue weighted by Gasteiger charge is 2.13. The second-order valence-electron chi connectivity index (χ2n) is 4.41. The van der Waals surface area contributed by atoms with Crippen LogP contribution in [-0.2, 0) is 0 Å². The molecule has 0 atom stereocenters. The van der Waals surface area contributed by atoms with E-state index in [1.54, 1.807) is 18.3 Å². The molecule has 3 aromatic rings. The number of hydrogen-bond acceptors (Lipinski definition) is 2. The van der Waals surface area contributed by atoms with Gasteiger partial charge >= 0.3 is 0 Å². The summed E-state index contributed by atoms with van der Waals surface area (Å²) in [6, 6.07) is 10.8. The van der Waals surface area contributed by atoms with Gasteiger partial charge in [-0.05, 0) is 46.3 Å². The van der Waals surface area contributed by atoms with Gasteiger partial charge in [0.1, 0.15) is 5.69 Å². The van der Waals surface area contributed by atoms with E-state index in [2.05, 4.69) is 25.9 Å². The minimum atomic E-state index is 0.0714. The molecule has 1 aromatic heterocycles. The van der Waals surface area contributed by atoms with Crippen LogP contribution in [0, 0.1) is 0 Å². The molecule has 0 aliphatic carbocycles. The van der Waals surface area contributed by atoms with Crippen molar-refractivity contribution in [2.75, 3.05) is 0 Å². The van der Waals surface area contributed by atoms with Crippen LogP contribution < -0.4 is 0 Å². The zero-order valence-electron chi connectivity index (χ0n) is 10.6. The standard InChI is InChI=1S/C15H9BrCl2N2O/c16-10-4-5-11-13(14(10)18)15(21)12(20-11)7-19-9-3-1-2-8(17)6-9/h1-7,20-21H. The Morgan fingerprint density at radius 2 is 2.00 bits per heavy atom. The van der Waals surface area contributed by atoms with Crippen molar-refractivity contribution in [2.45, 2.75) is 0 Å². The number of halogens is 3. The number of hydrogen-bond donors (Lipinski definition) is 2. The maximum atomic E-state index is 10.3. The molecule has 0 saturated carbocycles. The van der Waals surface area contributed by atoms with E-state index in [1.807, 2.05) is 24.3 Å². The van der Waals surface area contributed by atoms with Crippen LogP contribution in [0.1, 0.15) is 5.69 Å². The fourth-order valence-electron chi connectivity index (χ4n) is 2.01. The lowest BCUT2D eigenvalue weighted by molar-refractivity contribution is 0.480. The molecule has 0 unspecified atom stereocenters. The summed E-state index contributed by atoms with van der Waals surface area (Å²) in [7, 11) is 0. The number of nitrogens with zero attached hydrogens (tertiary/aromatic N) is 1. The molecule has 0 spiro atoms. The van der Waals surface area contributed by atoms with E-state index in [4.69, 9.17) is 23.2 Å². The predicted molar refractivity (Wildman–Crippen MR) is 91.4 cm³/mol. The number of aromatic nitrogens is 1. The van der Waals surface area contributed by atoms with Gasteiger partial charge in [-0.2, -0.15) is 0 Å². The van der Waals surface area contributed by atoms with Crippen LogP contribution in [0.15, 0.2) is 45.9 Å². The summed E-state index contributed by atoms with van der Waals surface area (Å²) in [5.41, 5.74) is 1.94. The lowest BCUT2D eigenvalue weighted by atomic mass is 10.2. The van der Waals surface area contributed by atoms with Gasteiger partial charge in [-0.15, -0.1) is 0 Å². The van der Waals surface area contributed by atoms with Crippen LogP contribution in [0.3, 0.4) is 0 Å². The van der Waals surface area contributed by atoms with Crippen molar-refractivity contribution in [2.24, 2.45) is 4.99 Å². The average molecular weight is 384 g/mol. The maximum Gasteiger partial charge on any atom is 0.151 e. The lowest BCUT2D eigenvalue weighted by Crippen LogP contribution is -1.80. The maximum absolute atomic E-state index is 10.3. The molecule has 0 fully saturated rings. The summed E-state index contributed by atoms with van der Waals surface area (Å²) >= 11 is 15.4. The van der Waals surface area contributed by atoms with E-state index < -0.39 is 0 Å². The molecule has 21 heavy (non-hydrogen) atoms. The second-order valence-corrected chi connectivity index (χ2v) is 6.08. The molecule has 0 amide bonds. The van der Waals surface area contributed by atoms with Crippen LogP contribution in [0.25, 0.3) is 10.9 Å². The van der Waals surface area contributed by atoms with Gasteiger partial charge in [0.2, 0.25) is 0 Å². The largest absolute Gasteiger partial charge is 0.505 e. The minimum absolute atomic E-state index is 0.0714. The van der Waals surface area contributed by atoms with Gasteiger partial charge < -0.3 is 10.1 Å². The normalized spacial score (nSPS) is 11.6. The van der Waals surface area contributed by atoms with Gasteiger partial charge in [-0.25, -0.2) is 0 Å². The van der Waals surface area contributed by atoms with Gasteiger partial charge in [0.15, 0.2) is 5.75 Å². The zero-order valence-corrected chi connectivity index (χ0v) is 13.7. The fourth-order valence-corrected chi connectivity index (χ4v) is 2.78. The Morgan fingerprint density at radius 1 is 1.19 bits per heavy atom. The summed E-state index contributed by atoms with van der Waals surface area (Å²) < 4.78 is 0.726. The third-order valence-corrected chi connectivity index (χ3v) is 4.52. The van der Waals surface area contributed by atoms with Crippen molar-refractivity contribution in [3.8, 4) is 5.75 Å². The van der Waals surface area contributed by atoms with Crippen molar-refractivity contribution in [3.63, 3.8) is 0 Å². The molecular formula is C15H9BrCl2N2O. The molecule has 2 N–H and O–H groups in total. The van der Waals surface area contributed by atoms with Gasteiger partial charge in [0.25, 0.3) is 0 Å². The van der Waals surface area contributed by atoms with Crippen LogP contribution in [0.2, 0.25) is 10.0 Å². The highest BCUT2D eigenvalue weighted by molar-refractivity contribution is 9.10. The Morgan fingerprint density at radius 3 is 2.76 bits per heavy atom. The van der Waals surface area contributed by atoms with Crippen LogP contribution in [0.5, 0.6) is 5.75 Å². The number of H-pyrrole nitrogens is 1. The third-order valence-electron chi connectivity index (χ3n) is 3.01.